The number of aliphatic hydroxyl groups is 1. The highest BCUT2D eigenvalue weighted by molar-refractivity contribution is 5.86. The number of likely N-dealkylation sites (tertiary alicyclic amines) is 1. The number of carbonyl (C=O) groups is 1. The van der Waals surface area contributed by atoms with E-state index in [0.29, 0.717) is 12.5 Å². The lowest BCUT2D eigenvalue weighted by Gasteiger charge is -2.40. The van der Waals surface area contributed by atoms with Crippen molar-refractivity contribution < 1.29 is 14.3 Å². The van der Waals surface area contributed by atoms with Gasteiger partial charge in [0, 0.05) is 37.9 Å². The van der Waals surface area contributed by atoms with Gasteiger partial charge in [-0.3, -0.25) is 4.79 Å². The van der Waals surface area contributed by atoms with Crippen molar-refractivity contribution in [2.75, 3.05) is 24.5 Å². The summed E-state index contributed by atoms with van der Waals surface area (Å²) >= 11 is 0. The number of hydrogen-bond donors (Lipinski definition) is 1. The SMILES string of the molecule is O=C1N([C@H]2CC[C@H](O)CC2)CC[C@@]12CCCN(c1nccc(F)n1)C2. The topological polar surface area (TPSA) is 69.6 Å². The number of halogens is 1. The summed E-state index contributed by atoms with van der Waals surface area (Å²) < 4.78 is 13.4. The minimum atomic E-state index is -0.537. The van der Waals surface area contributed by atoms with Crippen molar-refractivity contribution in [2.24, 2.45) is 5.41 Å². The van der Waals surface area contributed by atoms with E-state index in [1.54, 1.807) is 0 Å². The predicted octanol–water partition coefficient (Wildman–Crippen LogP) is 1.74. The van der Waals surface area contributed by atoms with Gasteiger partial charge in [-0.25, -0.2) is 4.98 Å². The van der Waals surface area contributed by atoms with Gasteiger partial charge in [0.2, 0.25) is 17.8 Å². The predicted molar refractivity (Wildman–Crippen MR) is 90.5 cm³/mol. The molecule has 1 aromatic heterocycles. The number of piperidine rings is 1. The first-order valence-electron chi connectivity index (χ1n) is 9.30. The summed E-state index contributed by atoms with van der Waals surface area (Å²) in [6, 6.07) is 1.50. The van der Waals surface area contributed by atoms with Gasteiger partial charge in [0.25, 0.3) is 0 Å². The fourth-order valence-corrected chi connectivity index (χ4v) is 4.73. The summed E-state index contributed by atoms with van der Waals surface area (Å²) in [7, 11) is 0. The van der Waals surface area contributed by atoms with Crippen molar-refractivity contribution in [1.29, 1.82) is 0 Å². The number of hydrogen-bond acceptors (Lipinski definition) is 5. The molecular weight excluding hydrogens is 323 g/mol. The summed E-state index contributed by atoms with van der Waals surface area (Å²) in [5, 5.41) is 9.71. The smallest absolute Gasteiger partial charge is 0.230 e. The molecule has 2 saturated heterocycles. The molecule has 1 atom stereocenters. The van der Waals surface area contributed by atoms with Crippen LogP contribution in [-0.2, 0) is 4.79 Å². The van der Waals surface area contributed by atoms with E-state index in [9.17, 15) is 14.3 Å². The van der Waals surface area contributed by atoms with Crippen LogP contribution in [0.5, 0.6) is 0 Å². The van der Waals surface area contributed by atoms with E-state index in [0.717, 1.165) is 58.0 Å². The van der Waals surface area contributed by atoms with E-state index in [1.165, 1.54) is 12.3 Å². The number of rotatable bonds is 2. The average Bonchev–Trinajstić information content (AvgIpc) is 2.92. The zero-order chi connectivity index (χ0) is 17.4. The second-order valence-electron chi connectivity index (χ2n) is 7.70. The zero-order valence-electron chi connectivity index (χ0n) is 14.4. The molecule has 4 rings (SSSR count). The molecule has 1 spiro atoms. The van der Waals surface area contributed by atoms with Crippen LogP contribution < -0.4 is 4.90 Å². The molecule has 3 heterocycles. The van der Waals surface area contributed by atoms with Crippen molar-refractivity contribution in [3.8, 4) is 0 Å². The van der Waals surface area contributed by atoms with E-state index in [2.05, 4.69) is 9.97 Å². The van der Waals surface area contributed by atoms with Gasteiger partial charge < -0.3 is 14.9 Å². The Morgan fingerprint density at radius 1 is 1.20 bits per heavy atom. The number of aliphatic hydroxyl groups excluding tert-OH is 1. The van der Waals surface area contributed by atoms with Crippen molar-refractivity contribution in [3.63, 3.8) is 0 Å². The van der Waals surface area contributed by atoms with Gasteiger partial charge >= 0.3 is 0 Å². The highest BCUT2D eigenvalue weighted by Crippen LogP contribution is 2.43. The molecule has 0 radical (unpaired) electrons. The molecule has 1 amide bonds. The fraction of sp³-hybridized carbons (Fsp3) is 0.722. The molecule has 7 heteroatoms. The Morgan fingerprint density at radius 2 is 2.00 bits per heavy atom. The van der Waals surface area contributed by atoms with Crippen molar-refractivity contribution >= 4 is 11.9 Å². The number of aromatic nitrogens is 2. The summed E-state index contributed by atoms with van der Waals surface area (Å²) in [6.07, 6.45) is 7.17. The molecule has 25 heavy (non-hydrogen) atoms. The van der Waals surface area contributed by atoms with Crippen LogP contribution in [0.3, 0.4) is 0 Å². The zero-order valence-corrected chi connectivity index (χ0v) is 14.4. The number of nitrogens with zero attached hydrogens (tertiary/aromatic N) is 4. The summed E-state index contributed by atoms with van der Waals surface area (Å²) in [6.45, 7) is 2.12. The first-order chi connectivity index (χ1) is 12.1. The van der Waals surface area contributed by atoms with Crippen LogP contribution in [0, 0.1) is 11.4 Å². The quantitative estimate of drug-likeness (QED) is 0.825. The van der Waals surface area contributed by atoms with Crippen LogP contribution >= 0.6 is 0 Å². The van der Waals surface area contributed by atoms with Gasteiger partial charge in [0.1, 0.15) is 0 Å². The molecule has 1 aliphatic carbocycles. The number of anilines is 1. The minimum Gasteiger partial charge on any atom is -0.393 e. The average molecular weight is 348 g/mol. The maximum absolute atomic E-state index is 13.4. The second-order valence-corrected chi connectivity index (χ2v) is 7.70. The van der Waals surface area contributed by atoms with Gasteiger partial charge in [-0.15, -0.1) is 0 Å². The Hall–Kier alpha value is -1.76. The number of amides is 1. The third-order valence-electron chi connectivity index (χ3n) is 6.12. The standard InChI is InChI=1S/C18H25FN4O2/c19-15-6-9-20-17(21-15)22-10-1-7-18(12-22)8-11-23(16(18)25)13-2-4-14(24)5-3-13/h6,9,13-14,24H,1-5,7-8,10-12H2/t13-,14-,18-/m1/s1. The maximum atomic E-state index is 13.4. The molecule has 6 nitrogen and oxygen atoms in total. The lowest BCUT2D eigenvalue weighted by atomic mass is 9.78. The maximum Gasteiger partial charge on any atom is 0.230 e. The Bertz CT molecular complexity index is 650. The fourth-order valence-electron chi connectivity index (χ4n) is 4.73. The Morgan fingerprint density at radius 3 is 2.76 bits per heavy atom. The second kappa shape index (κ2) is 6.52. The van der Waals surface area contributed by atoms with Gasteiger partial charge in [-0.05, 0) is 44.9 Å². The van der Waals surface area contributed by atoms with Crippen molar-refractivity contribution in [1.82, 2.24) is 14.9 Å². The molecule has 0 bridgehead atoms. The highest BCUT2D eigenvalue weighted by Gasteiger charge is 2.50. The summed E-state index contributed by atoms with van der Waals surface area (Å²) in [5.74, 6) is 0.0749. The number of carbonyl (C=O) groups excluding carboxylic acids is 1. The van der Waals surface area contributed by atoms with E-state index in [1.807, 2.05) is 9.80 Å². The summed E-state index contributed by atoms with van der Waals surface area (Å²) in [4.78, 5) is 25.3. The minimum absolute atomic E-state index is 0.210. The first-order valence-corrected chi connectivity index (χ1v) is 9.30. The Balaban J connectivity index is 1.49. The molecular formula is C18H25FN4O2. The molecule has 0 aromatic carbocycles. The monoisotopic (exact) mass is 348 g/mol. The molecule has 0 unspecified atom stereocenters. The van der Waals surface area contributed by atoms with E-state index >= 15 is 0 Å². The van der Waals surface area contributed by atoms with Crippen LogP contribution in [-0.4, -0.2) is 57.7 Å². The molecule has 1 aromatic rings. The van der Waals surface area contributed by atoms with Gasteiger partial charge in [0.15, 0.2) is 0 Å². The molecule has 3 fully saturated rings. The third-order valence-corrected chi connectivity index (χ3v) is 6.12. The van der Waals surface area contributed by atoms with Gasteiger partial charge in [0.05, 0.1) is 11.5 Å². The van der Waals surface area contributed by atoms with Crippen molar-refractivity contribution in [3.05, 3.63) is 18.2 Å². The lowest BCUT2D eigenvalue weighted by Crippen LogP contribution is -2.50. The largest absolute Gasteiger partial charge is 0.393 e. The van der Waals surface area contributed by atoms with Crippen LogP contribution in [0.4, 0.5) is 10.3 Å². The highest BCUT2D eigenvalue weighted by atomic mass is 19.1. The first kappa shape index (κ1) is 16.7. The van der Waals surface area contributed by atoms with Crippen LogP contribution in [0.1, 0.15) is 44.9 Å². The summed E-state index contributed by atoms with van der Waals surface area (Å²) in [5.41, 5.74) is -0.385. The molecule has 1 N–H and O–H groups in total. The van der Waals surface area contributed by atoms with Crippen LogP contribution in [0.15, 0.2) is 12.3 Å². The van der Waals surface area contributed by atoms with Crippen LogP contribution in [0.25, 0.3) is 0 Å². The normalized spacial score (nSPS) is 33.3. The van der Waals surface area contributed by atoms with E-state index in [4.69, 9.17) is 0 Å². The molecule has 136 valence electrons. The molecule has 3 aliphatic rings. The molecule has 1 saturated carbocycles. The van der Waals surface area contributed by atoms with Crippen LogP contribution in [0.2, 0.25) is 0 Å². The van der Waals surface area contributed by atoms with Gasteiger partial charge in [-0.1, -0.05) is 0 Å². The van der Waals surface area contributed by atoms with Gasteiger partial charge in [-0.2, -0.15) is 9.37 Å². The third kappa shape index (κ3) is 3.10. The van der Waals surface area contributed by atoms with Crippen molar-refractivity contribution in [2.45, 2.75) is 57.1 Å². The Kier molecular flexibility index (Phi) is 4.35. The van der Waals surface area contributed by atoms with E-state index < -0.39 is 5.95 Å². The Labute approximate surface area is 147 Å². The lowest BCUT2D eigenvalue weighted by molar-refractivity contribution is -0.139. The van der Waals surface area contributed by atoms with E-state index in [-0.39, 0.29) is 23.5 Å². The molecule has 2 aliphatic heterocycles.